The highest BCUT2D eigenvalue weighted by Crippen LogP contribution is 2.38. The molecule has 27 heavy (non-hydrogen) atoms. The second kappa shape index (κ2) is 6.86. The van der Waals surface area contributed by atoms with Crippen LogP contribution in [0.25, 0.3) is 0 Å². The summed E-state index contributed by atoms with van der Waals surface area (Å²) < 4.78 is 19.3. The first-order valence-corrected chi connectivity index (χ1v) is 8.80. The zero-order chi connectivity index (χ0) is 19.0. The van der Waals surface area contributed by atoms with Crippen molar-refractivity contribution in [2.24, 2.45) is 0 Å². The molecular formula is C19H18FN3O4. The van der Waals surface area contributed by atoms with Gasteiger partial charge in [0.1, 0.15) is 5.69 Å². The van der Waals surface area contributed by atoms with Crippen LogP contribution in [0.1, 0.15) is 41.2 Å². The molecule has 2 aromatic carbocycles. The van der Waals surface area contributed by atoms with Gasteiger partial charge in [-0.3, -0.25) is 14.9 Å². The number of ether oxygens (including phenoxy) is 1. The summed E-state index contributed by atoms with van der Waals surface area (Å²) in [6, 6.07) is 8.82. The van der Waals surface area contributed by atoms with E-state index < -0.39 is 10.7 Å². The Morgan fingerprint density at radius 3 is 2.78 bits per heavy atom. The van der Waals surface area contributed by atoms with Gasteiger partial charge in [0.25, 0.3) is 11.6 Å². The first-order chi connectivity index (χ1) is 13.0. The Bertz CT molecular complexity index is 914. The van der Waals surface area contributed by atoms with E-state index in [1.807, 2.05) is 0 Å². The third-order valence-corrected chi connectivity index (χ3v) is 4.72. The Morgan fingerprint density at radius 1 is 1.22 bits per heavy atom. The number of para-hydroxylation sites is 1. The molecule has 1 saturated carbocycles. The summed E-state index contributed by atoms with van der Waals surface area (Å²) >= 11 is 0. The van der Waals surface area contributed by atoms with E-state index in [0.29, 0.717) is 18.6 Å². The molecule has 0 spiro atoms. The number of hydrogen-bond donors (Lipinski definition) is 2. The maximum Gasteiger partial charge on any atom is 0.293 e. The van der Waals surface area contributed by atoms with Gasteiger partial charge in [-0.05, 0) is 31.0 Å². The molecule has 7 nitrogen and oxygen atoms in total. The number of anilines is 1. The second-order valence-electron chi connectivity index (χ2n) is 6.73. The van der Waals surface area contributed by atoms with Crippen molar-refractivity contribution in [3.8, 4) is 5.75 Å². The average molecular weight is 371 g/mol. The minimum Gasteiger partial charge on any atom is -0.490 e. The summed E-state index contributed by atoms with van der Waals surface area (Å²) in [6.45, 7) is 0.307. The van der Waals surface area contributed by atoms with E-state index in [-0.39, 0.29) is 40.7 Å². The predicted octanol–water partition coefficient (Wildman–Crippen LogP) is 3.56. The fourth-order valence-corrected chi connectivity index (χ4v) is 3.17. The number of carbonyl (C=O) groups excluding carboxylic acids is 1. The zero-order valence-electron chi connectivity index (χ0n) is 14.4. The first-order valence-electron chi connectivity index (χ1n) is 8.80. The van der Waals surface area contributed by atoms with Crippen LogP contribution in [0.5, 0.6) is 5.75 Å². The quantitative estimate of drug-likeness (QED) is 0.619. The molecule has 0 bridgehead atoms. The van der Waals surface area contributed by atoms with E-state index in [2.05, 4.69) is 10.6 Å². The SMILES string of the molecule is O=C(NC1CC1)c1ccc(N[C@H]2CCOc3c(F)cccc32)c([N+](=O)[O-])c1. The topological polar surface area (TPSA) is 93.5 Å². The molecule has 0 unspecified atom stereocenters. The van der Waals surface area contributed by atoms with E-state index in [9.17, 15) is 19.3 Å². The lowest BCUT2D eigenvalue weighted by Gasteiger charge is -2.27. The molecular weight excluding hydrogens is 353 g/mol. The molecule has 2 N–H and O–H groups in total. The number of nitro benzene ring substituents is 1. The standard InChI is InChI=1S/C19H18FN3O4/c20-14-3-1-2-13-15(8-9-27-18(13)14)22-16-7-4-11(10-17(16)23(25)26)19(24)21-12-5-6-12/h1-4,7,10,12,15,22H,5-6,8-9H2,(H,21,24)/t15-/m0/s1. The highest BCUT2D eigenvalue weighted by Gasteiger charge is 2.28. The molecule has 0 aromatic heterocycles. The van der Waals surface area contributed by atoms with Crippen LogP contribution in [-0.2, 0) is 0 Å². The lowest BCUT2D eigenvalue weighted by Crippen LogP contribution is -2.25. The summed E-state index contributed by atoms with van der Waals surface area (Å²) in [5.74, 6) is -0.601. The Kier molecular flexibility index (Phi) is 4.39. The molecule has 2 aliphatic rings. The van der Waals surface area contributed by atoms with Crippen LogP contribution in [0, 0.1) is 15.9 Å². The van der Waals surface area contributed by atoms with Crippen LogP contribution in [0.15, 0.2) is 36.4 Å². The van der Waals surface area contributed by atoms with Gasteiger partial charge >= 0.3 is 0 Å². The molecule has 140 valence electrons. The highest BCUT2D eigenvalue weighted by atomic mass is 19.1. The van der Waals surface area contributed by atoms with E-state index in [1.165, 1.54) is 18.2 Å². The third kappa shape index (κ3) is 3.55. The molecule has 1 aliphatic heterocycles. The van der Waals surface area contributed by atoms with Crippen molar-refractivity contribution < 1.29 is 18.8 Å². The van der Waals surface area contributed by atoms with Crippen LogP contribution in [0.2, 0.25) is 0 Å². The number of nitro groups is 1. The number of benzene rings is 2. The monoisotopic (exact) mass is 371 g/mol. The van der Waals surface area contributed by atoms with Crippen molar-refractivity contribution in [3.05, 3.63) is 63.5 Å². The van der Waals surface area contributed by atoms with Crippen LogP contribution in [0.4, 0.5) is 15.8 Å². The average Bonchev–Trinajstić information content (AvgIpc) is 3.46. The third-order valence-electron chi connectivity index (χ3n) is 4.72. The predicted molar refractivity (Wildman–Crippen MR) is 96.5 cm³/mol. The Labute approximate surface area is 154 Å². The summed E-state index contributed by atoms with van der Waals surface area (Å²) in [5.41, 5.74) is 0.955. The zero-order valence-corrected chi connectivity index (χ0v) is 14.4. The first kappa shape index (κ1) is 17.3. The van der Waals surface area contributed by atoms with Gasteiger partial charge < -0.3 is 15.4 Å². The molecule has 1 aliphatic carbocycles. The minimum absolute atomic E-state index is 0.169. The molecule has 8 heteroatoms. The number of nitrogens with one attached hydrogen (secondary N) is 2. The number of hydrogen-bond acceptors (Lipinski definition) is 5. The summed E-state index contributed by atoms with van der Waals surface area (Å²) in [5, 5.41) is 17.5. The smallest absolute Gasteiger partial charge is 0.293 e. The van der Waals surface area contributed by atoms with Crippen molar-refractivity contribution in [2.45, 2.75) is 31.3 Å². The van der Waals surface area contributed by atoms with Crippen molar-refractivity contribution in [3.63, 3.8) is 0 Å². The van der Waals surface area contributed by atoms with Gasteiger partial charge in [0.2, 0.25) is 0 Å². The van der Waals surface area contributed by atoms with E-state index in [4.69, 9.17) is 4.74 Å². The number of rotatable bonds is 5. The van der Waals surface area contributed by atoms with E-state index in [1.54, 1.807) is 18.2 Å². The number of carbonyl (C=O) groups is 1. The summed E-state index contributed by atoms with van der Waals surface area (Å²) in [7, 11) is 0. The number of amides is 1. The second-order valence-corrected chi connectivity index (χ2v) is 6.73. The van der Waals surface area contributed by atoms with Gasteiger partial charge in [-0.15, -0.1) is 0 Å². The van der Waals surface area contributed by atoms with Crippen molar-refractivity contribution in [1.29, 1.82) is 0 Å². The summed E-state index contributed by atoms with van der Waals surface area (Å²) in [6.07, 6.45) is 2.41. The molecule has 0 radical (unpaired) electrons. The Balaban J connectivity index is 1.61. The van der Waals surface area contributed by atoms with Gasteiger partial charge in [-0.2, -0.15) is 0 Å². The molecule has 1 amide bonds. The molecule has 1 atom stereocenters. The van der Waals surface area contributed by atoms with Crippen molar-refractivity contribution in [1.82, 2.24) is 5.32 Å². The van der Waals surface area contributed by atoms with E-state index >= 15 is 0 Å². The highest BCUT2D eigenvalue weighted by molar-refractivity contribution is 5.96. The largest absolute Gasteiger partial charge is 0.490 e. The van der Waals surface area contributed by atoms with Gasteiger partial charge in [0.15, 0.2) is 11.6 Å². The van der Waals surface area contributed by atoms with Crippen LogP contribution >= 0.6 is 0 Å². The van der Waals surface area contributed by atoms with Crippen molar-refractivity contribution in [2.75, 3.05) is 11.9 Å². The lowest BCUT2D eigenvalue weighted by atomic mass is 9.99. The fraction of sp³-hybridized carbons (Fsp3) is 0.316. The van der Waals surface area contributed by atoms with Crippen LogP contribution < -0.4 is 15.4 Å². The van der Waals surface area contributed by atoms with Crippen LogP contribution in [-0.4, -0.2) is 23.5 Å². The van der Waals surface area contributed by atoms with Gasteiger partial charge in [-0.1, -0.05) is 12.1 Å². The molecule has 4 rings (SSSR count). The summed E-state index contributed by atoms with van der Waals surface area (Å²) in [4.78, 5) is 23.2. The minimum atomic E-state index is -0.526. The normalized spacial score (nSPS) is 18.2. The maximum atomic E-state index is 13.9. The lowest BCUT2D eigenvalue weighted by molar-refractivity contribution is -0.384. The Morgan fingerprint density at radius 2 is 2.04 bits per heavy atom. The number of halogens is 1. The fourth-order valence-electron chi connectivity index (χ4n) is 3.17. The molecule has 1 heterocycles. The molecule has 0 saturated heterocycles. The maximum absolute atomic E-state index is 13.9. The number of fused-ring (bicyclic) bond motifs is 1. The van der Waals surface area contributed by atoms with Crippen molar-refractivity contribution >= 4 is 17.3 Å². The Hall–Kier alpha value is -3.16. The van der Waals surface area contributed by atoms with E-state index in [0.717, 1.165) is 12.8 Å². The van der Waals surface area contributed by atoms with Gasteiger partial charge in [0.05, 0.1) is 17.6 Å². The van der Waals surface area contributed by atoms with Gasteiger partial charge in [-0.25, -0.2) is 4.39 Å². The van der Waals surface area contributed by atoms with Gasteiger partial charge in [0, 0.05) is 29.7 Å². The molecule has 1 fully saturated rings. The molecule has 2 aromatic rings. The van der Waals surface area contributed by atoms with Crippen LogP contribution in [0.3, 0.4) is 0 Å². The number of nitrogens with zero attached hydrogens (tertiary/aromatic N) is 1.